The van der Waals surface area contributed by atoms with Crippen molar-refractivity contribution in [3.05, 3.63) is 11.5 Å². The summed E-state index contributed by atoms with van der Waals surface area (Å²) in [5.41, 5.74) is 0.824. The van der Waals surface area contributed by atoms with Crippen LogP contribution in [0.25, 0.3) is 11.2 Å². The van der Waals surface area contributed by atoms with Crippen molar-refractivity contribution >= 4 is 40.6 Å². The molecule has 3 rings (SSSR count). The first-order valence-corrected chi connectivity index (χ1v) is 6.84. The number of carboxylic acid groups (broad SMARTS) is 1. The number of anilines is 1. The number of hydrogen-bond donors (Lipinski definition) is 3. The summed E-state index contributed by atoms with van der Waals surface area (Å²) >= 11 is 5.96. The van der Waals surface area contributed by atoms with E-state index in [1.165, 1.54) is 6.33 Å². The second-order valence-corrected chi connectivity index (χ2v) is 5.27. The van der Waals surface area contributed by atoms with Crippen LogP contribution in [0.3, 0.4) is 0 Å². The van der Waals surface area contributed by atoms with E-state index in [1.807, 2.05) is 0 Å². The number of aromatic amines is 1. The van der Waals surface area contributed by atoms with Crippen LogP contribution in [0.5, 0.6) is 0 Å². The Kier molecular flexibility index (Phi) is 3.46. The molecule has 21 heavy (non-hydrogen) atoms. The smallest absolute Gasteiger partial charge is 0.307 e. The second kappa shape index (κ2) is 5.28. The van der Waals surface area contributed by atoms with Crippen molar-refractivity contribution in [1.82, 2.24) is 19.9 Å². The molecule has 0 radical (unpaired) electrons. The molecule has 0 saturated heterocycles. The topological polar surface area (TPSA) is 121 Å². The van der Waals surface area contributed by atoms with Crippen molar-refractivity contribution in [3.8, 4) is 0 Å². The van der Waals surface area contributed by atoms with Gasteiger partial charge in [-0.1, -0.05) is 18.0 Å². The van der Waals surface area contributed by atoms with Crippen LogP contribution in [0.1, 0.15) is 19.3 Å². The molecular weight excluding hydrogens is 298 g/mol. The van der Waals surface area contributed by atoms with Gasteiger partial charge in [0.2, 0.25) is 11.9 Å². The largest absolute Gasteiger partial charge is 0.481 e. The molecule has 0 unspecified atom stereocenters. The highest BCUT2D eigenvalue weighted by molar-refractivity contribution is 6.33. The van der Waals surface area contributed by atoms with Crippen molar-refractivity contribution in [3.63, 3.8) is 0 Å². The number of nitrogens with one attached hydrogen (secondary N) is 2. The van der Waals surface area contributed by atoms with E-state index < -0.39 is 23.7 Å². The molecular formula is C12H12ClN5O3. The summed E-state index contributed by atoms with van der Waals surface area (Å²) < 4.78 is 0. The maximum atomic E-state index is 12.2. The van der Waals surface area contributed by atoms with Crippen LogP contribution < -0.4 is 5.32 Å². The summed E-state index contributed by atoms with van der Waals surface area (Å²) in [6.45, 7) is 0. The maximum Gasteiger partial charge on any atom is 0.307 e. The molecule has 1 saturated carbocycles. The number of carboxylic acids is 1. The minimum Gasteiger partial charge on any atom is -0.481 e. The van der Waals surface area contributed by atoms with Gasteiger partial charge < -0.3 is 10.1 Å². The fourth-order valence-electron chi connectivity index (χ4n) is 2.63. The number of carbonyl (C=O) groups excluding carboxylic acids is 1. The summed E-state index contributed by atoms with van der Waals surface area (Å²) in [6.07, 6.45) is 3.19. The van der Waals surface area contributed by atoms with Crippen molar-refractivity contribution in [2.45, 2.75) is 19.3 Å². The number of imidazole rings is 1. The number of amides is 1. The van der Waals surface area contributed by atoms with E-state index in [9.17, 15) is 9.59 Å². The lowest BCUT2D eigenvalue weighted by Gasteiger charge is -2.14. The van der Waals surface area contributed by atoms with Gasteiger partial charge in [0.25, 0.3) is 0 Å². The highest BCUT2D eigenvalue weighted by Crippen LogP contribution is 2.32. The molecule has 0 aliphatic heterocycles. The molecule has 1 fully saturated rings. The van der Waals surface area contributed by atoms with Crippen molar-refractivity contribution in [2.24, 2.45) is 11.8 Å². The average molecular weight is 310 g/mol. The number of rotatable bonds is 3. The number of aromatic nitrogens is 4. The Hall–Kier alpha value is -2.22. The van der Waals surface area contributed by atoms with Crippen molar-refractivity contribution in [1.29, 1.82) is 0 Å². The summed E-state index contributed by atoms with van der Waals surface area (Å²) in [7, 11) is 0. The van der Waals surface area contributed by atoms with Gasteiger partial charge in [-0.05, 0) is 12.8 Å². The molecule has 1 amide bonds. The van der Waals surface area contributed by atoms with Gasteiger partial charge in [-0.15, -0.1) is 0 Å². The Morgan fingerprint density at radius 3 is 2.86 bits per heavy atom. The standard InChI is InChI=1S/C12H12ClN5O3/c13-8-7-9(15-4-14-7)17-12(16-8)18-10(19)5-2-1-3-6(5)11(20)21/h4-6H,1-3H2,(H,20,21)(H2,14,15,16,17,18,19)/t5-,6+/m1/s1. The SMILES string of the molecule is O=C(O)[C@H]1CCC[C@H]1C(=O)Nc1nc(Cl)c2[nH]cnc2n1. The lowest BCUT2D eigenvalue weighted by Crippen LogP contribution is -2.30. The zero-order valence-electron chi connectivity index (χ0n) is 10.8. The van der Waals surface area contributed by atoms with Crippen LogP contribution in [0.4, 0.5) is 5.95 Å². The van der Waals surface area contributed by atoms with E-state index in [4.69, 9.17) is 16.7 Å². The van der Waals surface area contributed by atoms with E-state index in [-0.39, 0.29) is 11.1 Å². The zero-order valence-corrected chi connectivity index (χ0v) is 11.6. The number of fused-ring (bicyclic) bond motifs is 1. The van der Waals surface area contributed by atoms with Crippen LogP contribution in [0.15, 0.2) is 6.33 Å². The third-order valence-electron chi connectivity index (χ3n) is 3.65. The molecule has 0 aromatic carbocycles. The van der Waals surface area contributed by atoms with Crippen LogP contribution in [0.2, 0.25) is 5.15 Å². The van der Waals surface area contributed by atoms with Gasteiger partial charge in [0.1, 0.15) is 5.52 Å². The van der Waals surface area contributed by atoms with E-state index in [1.54, 1.807) is 0 Å². The van der Waals surface area contributed by atoms with Crippen LogP contribution in [0, 0.1) is 11.8 Å². The molecule has 2 atom stereocenters. The predicted octanol–water partition coefficient (Wildman–Crippen LogP) is 1.45. The quantitative estimate of drug-likeness (QED) is 0.738. The lowest BCUT2D eigenvalue weighted by atomic mass is 9.95. The Labute approximate surface area is 124 Å². The normalized spacial score (nSPS) is 21.6. The van der Waals surface area contributed by atoms with Crippen molar-refractivity contribution < 1.29 is 14.7 Å². The molecule has 8 nitrogen and oxygen atoms in total. The third-order valence-corrected chi connectivity index (χ3v) is 3.92. The number of carbonyl (C=O) groups is 2. The van der Waals surface area contributed by atoms with Gasteiger partial charge in [-0.3, -0.25) is 14.9 Å². The molecule has 0 spiro atoms. The van der Waals surface area contributed by atoms with E-state index in [0.717, 1.165) is 6.42 Å². The Balaban J connectivity index is 1.81. The molecule has 110 valence electrons. The second-order valence-electron chi connectivity index (χ2n) is 4.91. The number of aliphatic carboxylic acids is 1. The van der Waals surface area contributed by atoms with Gasteiger partial charge in [0, 0.05) is 0 Å². The van der Waals surface area contributed by atoms with E-state index >= 15 is 0 Å². The minimum absolute atomic E-state index is 0.0284. The predicted molar refractivity (Wildman–Crippen MR) is 73.8 cm³/mol. The highest BCUT2D eigenvalue weighted by Gasteiger charge is 2.38. The first kappa shape index (κ1) is 13.7. The molecule has 1 aliphatic carbocycles. The molecule has 3 N–H and O–H groups in total. The molecule has 2 heterocycles. The van der Waals surface area contributed by atoms with Gasteiger partial charge in [0.15, 0.2) is 10.8 Å². The zero-order chi connectivity index (χ0) is 15.0. The summed E-state index contributed by atoms with van der Waals surface area (Å²) in [5.74, 6) is -2.55. The minimum atomic E-state index is -0.950. The Morgan fingerprint density at radius 1 is 1.33 bits per heavy atom. The number of H-pyrrole nitrogens is 1. The van der Waals surface area contributed by atoms with Crippen LogP contribution in [-0.4, -0.2) is 36.9 Å². The first-order valence-electron chi connectivity index (χ1n) is 6.46. The lowest BCUT2D eigenvalue weighted by molar-refractivity contribution is -0.145. The van der Waals surface area contributed by atoms with Gasteiger partial charge in [0.05, 0.1) is 18.2 Å². The first-order chi connectivity index (χ1) is 10.1. The van der Waals surface area contributed by atoms with Crippen LogP contribution in [-0.2, 0) is 9.59 Å². The molecule has 2 aromatic rings. The van der Waals surface area contributed by atoms with Gasteiger partial charge in [-0.25, -0.2) is 4.98 Å². The van der Waals surface area contributed by atoms with E-state index in [0.29, 0.717) is 24.0 Å². The average Bonchev–Trinajstić information content (AvgIpc) is 3.07. The van der Waals surface area contributed by atoms with Crippen molar-refractivity contribution in [2.75, 3.05) is 5.32 Å². The monoisotopic (exact) mass is 309 g/mol. The number of hydrogen-bond acceptors (Lipinski definition) is 5. The maximum absolute atomic E-state index is 12.2. The summed E-state index contributed by atoms with van der Waals surface area (Å²) in [5, 5.41) is 11.8. The third kappa shape index (κ3) is 2.54. The van der Waals surface area contributed by atoms with E-state index in [2.05, 4.69) is 25.3 Å². The number of halogens is 1. The fourth-order valence-corrected chi connectivity index (χ4v) is 2.85. The van der Waals surface area contributed by atoms with Gasteiger partial charge in [-0.2, -0.15) is 9.97 Å². The number of nitrogens with zero attached hydrogens (tertiary/aromatic N) is 3. The molecule has 0 bridgehead atoms. The Morgan fingerprint density at radius 2 is 2.10 bits per heavy atom. The van der Waals surface area contributed by atoms with Gasteiger partial charge >= 0.3 is 5.97 Å². The highest BCUT2D eigenvalue weighted by atomic mass is 35.5. The summed E-state index contributed by atoms with van der Waals surface area (Å²) in [6, 6.07) is 0. The Bertz CT molecular complexity index is 716. The molecule has 2 aromatic heterocycles. The summed E-state index contributed by atoms with van der Waals surface area (Å²) in [4.78, 5) is 38.1. The molecule has 1 aliphatic rings. The fraction of sp³-hybridized carbons (Fsp3) is 0.417. The molecule has 9 heteroatoms. The van der Waals surface area contributed by atoms with Crippen LogP contribution >= 0.6 is 11.6 Å².